The van der Waals surface area contributed by atoms with E-state index in [0.717, 1.165) is 6.54 Å². The van der Waals surface area contributed by atoms with Gasteiger partial charge in [-0.1, -0.05) is 24.6 Å². The van der Waals surface area contributed by atoms with E-state index < -0.39 is 0 Å². The lowest BCUT2D eigenvalue weighted by molar-refractivity contribution is 0.150. The summed E-state index contributed by atoms with van der Waals surface area (Å²) in [7, 11) is 0. The number of hydrogen-bond acceptors (Lipinski definition) is 3. The van der Waals surface area contributed by atoms with Crippen LogP contribution in [-0.4, -0.2) is 35.0 Å². The van der Waals surface area contributed by atoms with Crippen LogP contribution in [0.2, 0.25) is 0 Å². The highest BCUT2D eigenvalue weighted by molar-refractivity contribution is 8.00. The Labute approximate surface area is 128 Å². The van der Waals surface area contributed by atoms with Gasteiger partial charge >= 0.3 is 0 Å². The molecule has 3 heteroatoms. The van der Waals surface area contributed by atoms with Crippen molar-refractivity contribution in [2.45, 2.75) is 52.0 Å². The first-order valence-electron chi connectivity index (χ1n) is 7.60. The van der Waals surface area contributed by atoms with Crippen LogP contribution in [0, 0.1) is 20.8 Å². The Morgan fingerprint density at radius 3 is 2.40 bits per heavy atom. The molecule has 2 nitrogen and oxygen atoms in total. The number of rotatable bonds is 3. The minimum Gasteiger partial charge on any atom is -0.329 e. The molecule has 1 aromatic carbocycles. The van der Waals surface area contributed by atoms with E-state index in [1.165, 1.54) is 28.0 Å². The third kappa shape index (κ3) is 3.05. The molecular weight excluding hydrogens is 264 g/mol. The number of nitrogens with two attached hydrogens (primary N) is 1. The van der Waals surface area contributed by atoms with Crippen molar-refractivity contribution in [3.63, 3.8) is 0 Å². The molecule has 20 heavy (non-hydrogen) atoms. The Balaban J connectivity index is 2.37. The average Bonchev–Trinajstić information content (AvgIpc) is 2.37. The van der Waals surface area contributed by atoms with Crippen molar-refractivity contribution in [1.82, 2.24) is 4.90 Å². The van der Waals surface area contributed by atoms with Crippen LogP contribution in [0.5, 0.6) is 0 Å². The molecule has 1 aliphatic rings. The van der Waals surface area contributed by atoms with Crippen molar-refractivity contribution >= 4 is 11.8 Å². The zero-order valence-corrected chi connectivity index (χ0v) is 14.3. The first-order valence-corrected chi connectivity index (χ1v) is 8.65. The van der Waals surface area contributed by atoms with Crippen LogP contribution in [0.4, 0.5) is 0 Å². The van der Waals surface area contributed by atoms with Gasteiger partial charge in [-0.2, -0.15) is 11.8 Å². The summed E-state index contributed by atoms with van der Waals surface area (Å²) < 4.78 is 0. The topological polar surface area (TPSA) is 29.3 Å². The standard InChI is InChI=1S/C17H28N2S/c1-11-8-12(2)17(13(3)9-11)16(10-18)19-6-7-20-15(5)14(19)4/h8-9,14-16H,6-7,10,18H2,1-5H3. The van der Waals surface area contributed by atoms with E-state index in [1.807, 2.05) is 0 Å². The summed E-state index contributed by atoms with van der Waals surface area (Å²) in [6.07, 6.45) is 0. The first kappa shape index (κ1) is 15.9. The number of benzene rings is 1. The number of thioether (sulfide) groups is 1. The van der Waals surface area contributed by atoms with E-state index in [0.29, 0.717) is 23.9 Å². The maximum absolute atomic E-state index is 6.17. The molecule has 3 atom stereocenters. The molecule has 0 bridgehead atoms. The zero-order chi connectivity index (χ0) is 14.9. The van der Waals surface area contributed by atoms with Gasteiger partial charge in [-0.3, -0.25) is 4.90 Å². The Bertz CT molecular complexity index is 449. The summed E-state index contributed by atoms with van der Waals surface area (Å²) in [5.74, 6) is 1.21. The van der Waals surface area contributed by atoms with Crippen LogP contribution in [0.25, 0.3) is 0 Å². The molecule has 1 heterocycles. The predicted molar refractivity (Wildman–Crippen MR) is 90.5 cm³/mol. The molecule has 0 spiro atoms. The summed E-state index contributed by atoms with van der Waals surface area (Å²) in [6.45, 7) is 13.2. The van der Waals surface area contributed by atoms with E-state index in [1.54, 1.807) is 0 Å². The van der Waals surface area contributed by atoms with Crippen molar-refractivity contribution in [2.24, 2.45) is 5.73 Å². The molecular formula is C17H28N2S. The van der Waals surface area contributed by atoms with E-state index in [2.05, 4.69) is 63.4 Å². The normalized spacial score (nSPS) is 25.7. The van der Waals surface area contributed by atoms with Gasteiger partial charge in [0.05, 0.1) is 0 Å². The summed E-state index contributed by atoms with van der Waals surface area (Å²) >= 11 is 2.08. The lowest BCUT2D eigenvalue weighted by Crippen LogP contribution is -2.48. The van der Waals surface area contributed by atoms with Crippen LogP contribution in [-0.2, 0) is 0 Å². The average molecular weight is 292 g/mol. The van der Waals surface area contributed by atoms with Crippen LogP contribution < -0.4 is 5.73 Å². The smallest absolute Gasteiger partial charge is 0.0479 e. The highest BCUT2D eigenvalue weighted by atomic mass is 32.2. The fourth-order valence-electron chi connectivity index (χ4n) is 3.53. The highest BCUT2D eigenvalue weighted by Crippen LogP contribution is 2.34. The van der Waals surface area contributed by atoms with E-state index >= 15 is 0 Å². The summed E-state index contributed by atoms with van der Waals surface area (Å²) in [5, 5.41) is 0.684. The monoisotopic (exact) mass is 292 g/mol. The van der Waals surface area contributed by atoms with E-state index in [-0.39, 0.29) is 0 Å². The lowest BCUT2D eigenvalue weighted by Gasteiger charge is -2.43. The molecule has 3 unspecified atom stereocenters. The van der Waals surface area contributed by atoms with Gasteiger partial charge in [0.15, 0.2) is 0 Å². The van der Waals surface area contributed by atoms with Crippen LogP contribution in [0.1, 0.15) is 42.1 Å². The second kappa shape index (κ2) is 6.50. The molecule has 112 valence electrons. The zero-order valence-electron chi connectivity index (χ0n) is 13.4. The van der Waals surface area contributed by atoms with Crippen molar-refractivity contribution in [3.8, 4) is 0 Å². The molecule has 0 radical (unpaired) electrons. The molecule has 2 N–H and O–H groups in total. The Morgan fingerprint density at radius 2 is 1.85 bits per heavy atom. The molecule has 2 rings (SSSR count). The van der Waals surface area contributed by atoms with Gasteiger partial charge in [0.1, 0.15) is 0 Å². The Hall–Kier alpha value is -0.510. The highest BCUT2D eigenvalue weighted by Gasteiger charge is 2.32. The predicted octanol–water partition coefficient (Wildman–Crippen LogP) is 3.44. The van der Waals surface area contributed by atoms with Gasteiger partial charge in [-0.15, -0.1) is 0 Å². The van der Waals surface area contributed by atoms with E-state index in [4.69, 9.17) is 5.73 Å². The van der Waals surface area contributed by atoms with Gasteiger partial charge in [0.25, 0.3) is 0 Å². The maximum atomic E-state index is 6.17. The fourth-order valence-corrected chi connectivity index (χ4v) is 4.65. The third-order valence-corrected chi connectivity index (χ3v) is 5.97. The number of nitrogens with zero attached hydrogens (tertiary/aromatic N) is 1. The molecule has 1 aromatic rings. The Kier molecular flexibility index (Phi) is 5.16. The summed E-state index contributed by atoms with van der Waals surface area (Å²) in [5.41, 5.74) is 11.7. The first-order chi connectivity index (χ1) is 9.45. The van der Waals surface area contributed by atoms with Crippen LogP contribution in [0.15, 0.2) is 12.1 Å². The second-order valence-corrected chi connectivity index (χ2v) is 7.60. The summed E-state index contributed by atoms with van der Waals surface area (Å²) in [4.78, 5) is 2.62. The van der Waals surface area contributed by atoms with Crippen molar-refractivity contribution in [3.05, 3.63) is 34.4 Å². The minimum atomic E-state index is 0.356. The van der Waals surface area contributed by atoms with Crippen LogP contribution in [0.3, 0.4) is 0 Å². The van der Waals surface area contributed by atoms with Crippen molar-refractivity contribution < 1.29 is 0 Å². The van der Waals surface area contributed by atoms with Gasteiger partial charge in [0.2, 0.25) is 0 Å². The van der Waals surface area contributed by atoms with Gasteiger partial charge in [-0.05, 0) is 44.4 Å². The largest absolute Gasteiger partial charge is 0.329 e. The third-order valence-electron chi connectivity index (χ3n) is 4.63. The quantitative estimate of drug-likeness (QED) is 0.925. The summed E-state index contributed by atoms with van der Waals surface area (Å²) in [6, 6.07) is 5.52. The van der Waals surface area contributed by atoms with Gasteiger partial charge in [0, 0.05) is 36.2 Å². The Morgan fingerprint density at radius 1 is 1.25 bits per heavy atom. The molecule has 0 aliphatic carbocycles. The molecule has 0 saturated carbocycles. The van der Waals surface area contributed by atoms with Crippen molar-refractivity contribution in [2.75, 3.05) is 18.8 Å². The van der Waals surface area contributed by atoms with Crippen LogP contribution >= 0.6 is 11.8 Å². The SMILES string of the molecule is Cc1cc(C)c(C(CN)N2CCSC(C)C2C)c(C)c1. The van der Waals surface area contributed by atoms with Crippen molar-refractivity contribution in [1.29, 1.82) is 0 Å². The molecule has 1 saturated heterocycles. The van der Waals surface area contributed by atoms with E-state index in [9.17, 15) is 0 Å². The van der Waals surface area contributed by atoms with Gasteiger partial charge in [-0.25, -0.2) is 0 Å². The fraction of sp³-hybridized carbons (Fsp3) is 0.647. The van der Waals surface area contributed by atoms with Gasteiger partial charge < -0.3 is 5.73 Å². The maximum Gasteiger partial charge on any atom is 0.0479 e. The molecule has 0 amide bonds. The number of hydrogen-bond donors (Lipinski definition) is 1. The lowest BCUT2D eigenvalue weighted by atomic mass is 9.92. The second-order valence-electron chi connectivity index (χ2n) is 6.12. The molecule has 1 aliphatic heterocycles. The molecule has 1 fully saturated rings. The molecule has 0 aromatic heterocycles. The number of aryl methyl sites for hydroxylation is 3. The minimum absolute atomic E-state index is 0.356.